The molecule has 0 atom stereocenters. The van der Waals surface area contributed by atoms with Crippen molar-refractivity contribution < 1.29 is 14.0 Å². The fraction of sp³-hybridized carbons (Fsp3) is 0.273. The number of carbonyl (C=O) groups is 1. The molecule has 17 heavy (non-hydrogen) atoms. The Morgan fingerprint density at radius 1 is 1.59 bits per heavy atom. The zero-order valence-corrected chi connectivity index (χ0v) is 10.00. The summed E-state index contributed by atoms with van der Waals surface area (Å²) in [7, 11) is 0. The highest BCUT2D eigenvalue weighted by molar-refractivity contribution is 6.65. The van der Waals surface area contributed by atoms with Crippen LogP contribution in [0.2, 0.25) is 0 Å². The second-order valence-electron chi connectivity index (χ2n) is 3.23. The first-order valence-corrected chi connectivity index (χ1v) is 5.45. The molecule has 4 nitrogen and oxygen atoms in total. The average Bonchev–Trinajstić information content (AvgIpc) is 2.27. The number of amides is 1. The zero-order chi connectivity index (χ0) is 12.7. The minimum absolute atomic E-state index is 0.210. The van der Waals surface area contributed by atoms with Crippen molar-refractivity contribution in [3.05, 3.63) is 30.1 Å². The third-order valence-corrected chi connectivity index (χ3v) is 2.01. The van der Waals surface area contributed by atoms with Crippen molar-refractivity contribution in [2.24, 2.45) is 5.16 Å². The van der Waals surface area contributed by atoms with Gasteiger partial charge in [0.25, 0.3) is 0 Å². The summed E-state index contributed by atoms with van der Waals surface area (Å²) in [5, 5.41) is 5.93. The van der Waals surface area contributed by atoms with Crippen molar-refractivity contribution in [3.63, 3.8) is 0 Å². The largest absolute Gasteiger partial charge is 0.437 e. The van der Waals surface area contributed by atoms with Gasteiger partial charge in [0.05, 0.1) is 0 Å². The van der Waals surface area contributed by atoms with Crippen molar-refractivity contribution in [2.45, 2.75) is 19.8 Å². The van der Waals surface area contributed by atoms with E-state index in [1.807, 2.05) is 6.92 Å². The molecule has 0 heterocycles. The molecule has 92 valence electrons. The number of oxime groups is 1. The van der Waals surface area contributed by atoms with Gasteiger partial charge in [-0.2, -0.15) is 0 Å². The summed E-state index contributed by atoms with van der Waals surface area (Å²) >= 11 is 5.64. The van der Waals surface area contributed by atoms with E-state index in [0.717, 1.165) is 6.42 Å². The van der Waals surface area contributed by atoms with Crippen molar-refractivity contribution in [1.29, 1.82) is 0 Å². The maximum atomic E-state index is 12.8. The Kier molecular flexibility index (Phi) is 5.42. The number of hydrogen-bond donors (Lipinski definition) is 1. The normalized spacial score (nSPS) is 11.1. The number of benzene rings is 1. The Bertz CT molecular complexity index is 424. The van der Waals surface area contributed by atoms with Gasteiger partial charge in [-0.05, 0) is 24.6 Å². The van der Waals surface area contributed by atoms with Gasteiger partial charge in [0.1, 0.15) is 11.0 Å². The van der Waals surface area contributed by atoms with Gasteiger partial charge in [-0.3, -0.25) is 10.2 Å². The van der Waals surface area contributed by atoms with Crippen LogP contribution < -0.4 is 5.32 Å². The maximum absolute atomic E-state index is 12.8. The van der Waals surface area contributed by atoms with Gasteiger partial charge in [-0.15, -0.1) is 0 Å². The first-order chi connectivity index (χ1) is 8.11. The Morgan fingerprint density at radius 3 is 3.00 bits per heavy atom. The third kappa shape index (κ3) is 5.31. The van der Waals surface area contributed by atoms with Crippen molar-refractivity contribution in [2.75, 3.05) is 5.32 Å². The van der Waals surface area contributed by atoms with Crippen LogP contribution in [0.5, 0.6) is 0 Å². The van der Waals surface area contributed by atoms with Crippen LogP contribution in [0.4, 0.5) is 14.9 Å². The van der Waals surface area contributed by atoms with E-state index in [2.05, 4.69) is 15.3 Å². The first-order valence-electron chi connectivity index (χ1n) is 5.07. The molecule has 1 aromatic rings. The maximum Gasteiger partial charge on any atom is 0.437 e. The number of anilines is 1. The molecule has 0 saturated heterocycles. The van der Waals surface area contributed by atoms with Crippen molar-refractivity contribution >= 4 is 28.6 Å². The van der Waals surface area contributed by atoms with E-state index in [9.17, 15) is 9.18 Å². The van der Waals surface area contributed by atoms with E-state index in [0.29, 0.717) is 6.42 Å². The quantitative estimate of drug-likeness (QED) is 0.508. The molecule has 0 aliphatic rings. The smallest absolute Gasteiger partial charge is 0.297 e. The van der Waals surface area contributed by atoms with Crippen LogP contribution in [-0.2, 0) is 4.84 Å². The summed E-state index contributed by atoms with van der Waals surface area (Å²) < 4.78 is 12.8. The molecule has 0 unspecified atom stereocenters. The Balaban J connectivity index is 2.47. The standard InChI is InChI=1S/C11H12ClFN2O2/c1-2-4-10(12)15-17-11(16)14-9-6-3-5-8(13)7-9/h3,5-7H,2,4H2,1H3,(H,14,16)/b15-10+. The van der Waals surface area contributed by atoms with Gasteiger partial charge in [-0.1, -0.05) is 29.7 Å². The number of hydrogen-bond acceptors (Lipinski definition) is 3. The van der Waals surface area contributed by atoms with Crippen LogP contribution in [0.25, 0.3) is 0 Å². The van der Waals surface area contributed by atoms with Crippen LogP contribution in [-0.4, -0.2) is 11.3 Å². The van der Waals surface area contributed by atoms with Gasteiger partial charge in [0.2, 0.25) is 0 Å². The predicted molar refractivity (Wildman–Crippen MR) is 64.7 cm³/mol. The monoisotopic (exact) mass is 258 g/mol. The van der Waals surface area contributed by atoms with Crippen LogP contribution in [0, 0.1) is 5.82 Å². The summed E-state index contributed by atoms with van der Waals surface area (Å²) in [4.78, 5) is 15.7. The fourth-order valence-corrected chi connectivity index (χ4v) is 1.27. The molecule has 1 aromatic carbocycles. The Morgan fingerprint density at radius 2 is 2.35 bits per heavy atom. The molecule has 6 heteroatoms. The van der Waals surface area contributed by atoms with Crippen LogP contribution in [0.15, 0.2) is 29.4 Å². The molecule has 0 bridgehead atoms. The molecule has 1 N–H and O–H groups in total. The molecule has 0 fully saturated rings. The molecule has 0 aliphatic heterocycles. The molecule has 0 radical (unpaired) electrons. The molecule has 0 saturated carbocycles. The third-order valence-electron chi connectivity index (χ3n) is 1.75. The first kappa shape index (κ1) is 13.4. The molecular formula is C11H12ClFN2O2. The zero-order valence-electron chi connectivity index (χ0n) is 9.24. The van der Waals surface area contributed by atoms with E-state index in [4.69, 9.17) is 11.6 Å². The van der Waals surface area contributed by atoms with Crippen LogP contribution in [0.3, 0.4) is 0 Å². The van der Waals surface area contributed by atoms with E-state index in [-0.39, 0.29) is 10.9 Å². The number of carbonyl (C=O) groups excluding carboxylic acids is 1. The second kappa shape index (κ2) is 6.85. The van der Waals surface area contributed by atoms with Crippen LogP contribution >= 0.6 is 11.6 Å². The van der Waals surface area contributed by atoms with Crippen molar-refractivity contribution in [1.82, 2.24) is 0 Å². The minimum atomic E-state index is -0.815. The lowest BCUT2D eigenvalue weighted by Gasteiger charge is -2.02. The van der Waals surface area contributed by atoms with Gasteiger partial charge in [0, 0.05) is 12.1 Å². The number of halogens is 2. The topological polar surface area (TPSA) is 50.7 Å². The van der Waals surface area contributed by atoms with E-state index in [1.54, 1.807) is 0 Å². The summed E-state index contributed by atoms with van der Waals surface area (Å²) in [6.07, 6.45) is 0.524. The lowest BCUT2D eigenvalue weighted by atomic mass is 10.3. The summed E-state index contributed by atoms with van der Waals surface area (Å²) in [5.41, 5.74) is 0.289. The average molecular weight is 259 g/mol. The molecule has 0 spiro atoms. The van der Waals surface area contributed by atoms with Gasteiger partial charge in [-0.25, -0.2) is 9.18 Å². The summed E-state index contributed by atoms with van der Waals surface area (Å²) in [5.74, 6) is -0.449. The van der Waals surface area contributed by atoms with E-state index in [1.165, 1.54) is 24.3 Å². The Labute approximate surface area is 103 Å². The van der Waals surface area contributed by atoms with Gasteiger partial charge >= 0.3 is 6.09 Å². The molecule has 1 amide bonds. The number of nitrogens with zero attached hydrogens (tertiary/aromatic N) is 1. The lowest BCUT2D eigenvalue weighted by molar-refractivity contribution is 0.166. The fourth-order valence-electron chi connectivity index (χ4n) is 1.05. The van der Waals surface area contributed by atoms with E-state index >= 15 is 0 Å². The summed E-state index contributed by atoms with van der Waals surface area (Å²) in [6.45, 7) is 1.92. The molecule has 0 aromatic heterocycles. The Hall–Kier alpha value is -1.62. The molecule has 1 rings (SSSR count). The lowest BCUT2D eigenvalue weighted by Crippen LogP contribution is -2.11. The predicted octanol–water partition coefficient (Wildman–Crippen LogP) is 3.73. The number of rotatable bonds is 4. The van der Waals surface area contributed by atoms with Crippen LogP contribution in [0.1, 0.15) is 19.8 Å². The molecule has 0 aliphatic carbocycles. The number of nitrogens with one attached hydrogen (secondary N) is 1. The van der Waals surface area contributed by atoms with Crippen molar-refractivity contribution in [3.8, 4) is 0 Å². The highest BCUT2D eigenvalue weighted by Crippen LogP contribution is 2.09. The highest BCUT2D eigenvalue weighted by Gasteiger charge is 2.04. The van der Waals surface area contributed by atoms with Gasteiger partial charge < -0.3 is 0 Å². The highest BCUT2D eigenvalue weighted by atomic mass is 35.5. The van der Waals surface area contributed by atoms with E-state index < -0.39 is 11.9 Å². The SMILES string of the molecule is CCC/C(Cl)=N\OC(=O)Nc1cccc(F)c1. The minimum Gasteiger partial charge on any atom is -0.297 e. The second-order valence-corrected chi connectivity index (χ2v) is 3.67. The van der Waals surface area contributed by atoms with Gasteiger partial charge in [0.15, 0.2) is 0 Å². The summed E-state index contributed by atoms with van der Waals surface area (Å²) in [6, 6.07) is 5.44. The molecular weight excluding hydrogens is 247 g/mol.